The molecule has 8 nitrogen and oxygen atoms in total. The van der Waals surface area contributed by atoms with Crippen molar-refractivity contribution < 1.29 is 0 Å². The molecule has 2 aromatic heterocycles. The highest BCUT2D eigenvalue weighted by Gasteiger charge is 2.24. The molecule has 4 rings (SSSR count). The fourth-order valence-electron chi connectivity index (χ4n) is 3.99. The van der Waals surface area contributed by atoms with Crippen LogP contribution in [0, 0.1) is 0 Å². The van der Waals surface area contributed by atoms with Crippen LogP contribution in [0.2, 0.25) is 5.02 Å². The molecule has 0 saturated carbocycles. The van der Waals surface area contributed by atoms with Crippen molar-refractivity contribution in [1.29, 1.82) is 0 Å². The molecule has 0 amide bonds. The Kier molecular flexibility index (Phi) is 5.97. The lowest BCUT2D eigenvalue weighted by atomic mass is 10.2. The number of hydrogen-bond donors (Lipinski definition) is 1. The maximum Gasteiger partial charge on any atom is 0.329 e. The summed E-state index contributed by atoms with van der Waals surface area (Å²) in [5.41, 5.74) is 1.30. The number of piperazine rings is 1. The molecule has 160 valence electrons. The average molecular weight is 431 g/mol. The normalized spacial score (nSPS) is 15.2. The quantitative estimate of drug-likeness (QED) is 0.648. The van der Waals surface area contributed by atoms with E-state index in [0.717, 1.165) is 56.5 Å². The number of aromatic amines is 1. The van der Waals surface area contributed by atoms with Gasteiger partial charge in [-0.15, -0.1) is 0 Å². The Morgan fingerprint density at radius 3 is 2.63 bits per heavy atom. The number of imidazole rings is 1. The second-order valence-corrected chi connectivity index (χ2v) is 8.24. The van der Waals surface area contributed by atoms with E-state index in [-0.39, 0.29) is 5.56 Å². The molecule has 3 heterocycles. The predicted molar refractivity (Wildman–Crippen MR) is 119 cm³/mol. The van der Waals surface area contributed by atoms with Gasteiger partial charge in [-0.2, -0.15) is 4.98 Å². The van der Waals surface area contributed by atoms with E-state index in [4.69, 9.17) is 16.6 Å². The summed E-state index contributed by atoms with van der Waals surface area (Å²) in [5, 5.41) is 0.756. The smallest absolute Gasteiger partial charge is 0.329 e. The molecule has 1 fully saturated rings. The van der Waals surface area contributed by atoms with Gasteiger partial charge in [-0.3, -0.25) is 19.2 Å². The van der Waals surface area contributed by atoms with Gasteiger partial charge in [0.1, 0.15) is 0 Å². The monoisotopic (exact) mass is 430 g/mol. The highest BCUT2D eigenvalue weighted by molar-refractivity contribution is 6.30. The molecule has 0 bridgehead atoms. The second kappa shape index (κ2) is 8.65. The third-order valence-electron chi connectivity index (χ3n) is 5.67. The number of aryl methyl sites for hydroxylation is 2. The van der Waals surface area contributed by atoms with E-state index < -0.39 is 5.69 Å². The van der Waals surface area contributed by atoms with Gasteiger partial charge < -0.3 is 9.47 Å². The summed E-state index contributed by atoms with van der Waals surface area (Å²) in [4.78, 5) is 36.3. The summed E-state index contributed by atoms with van der Waals surface area (Å²) in [6.07, 6.45) is 1.95. The Bertz CT molecular complexity index is 1160. The third kappa shape index (κ3) is 4.02. The van der Waals surface area contributed by atoms with Gasteiger partial charge in [-0.1, -0.05) is 37.1 Å². The van der Waals surface area contributed by atoms with E-state index in [1.807, 2.05) is 22.8 Å². The molecule has 1 aromatic carbocycles. The number of H-pyrrole nitrogens is 1. The summed E-state index contributed by atoms with van der Waals surface area (Å²) in [7, 11) is 1.64. The molecule has 1 saturated heterocycles. The Labute approximate surface area is 179 Å². The summed E-state index contributed by atoms with van der Waals surface area (Å²) in [6.45, 7) is 7.07. The lowest BCUT2D eigenvalue weighted by molar-refractivity contribution is 0.248. The van der Waals surface area contributed by atoms with Crippen molar-refractivity contribution in [2.75, 3.05) is 31.1 Å². The molecular weight excluding hydrogens is 404 g/mol. The van der Waals surface area contributed by atoms with E-state index in [2.05, 4.69) is 27.8 Å². The van der Waals surface area contributed by atoms with Crippen molar-refractivity contribution in [1.82, 2.24) is 24.0 Å². The van der Waals surface area contributed by atoms with Crippen molar-refractivity contribution in [3.63, 3.8) is 0 Å². The summed E-state index contributed by atoms with van der Waals surface area (Å²) >= 11 is 6.11. The van der Waals surface area contributed by atoms with Gasteiger partial charge in [-0.25, -0.2) is 4.79 Å². The summed E-state index contributed by atoms with van der Waals surface area (Å²) in [5.74, 6) is 0.771. The molecule has 1 aliphatic heterocycles. The van der Waals surface area contributed by atoms with Crippen LogP contribution in [0.5, 0.6) is 0 Å². The molecular formula is C21H27ClN6O2. The van der Waals surface area contributed by atoms with Crippen molar-refractivity contribution in [2.24, 2.45) is 7.05 Å². The van der Waals surface area contributed by atoms with Crippen molar-refractivity contribution in [3.05, 3.63) is 55.7 Å². The number of nitrogens with one attached hydrogen (secondary N) is 1. The number of benzene rings is 1. The van der Waals surface area contributed by atoms with Gasteiger partial charge in [0, 0.05) is 51.3 Å². The topological polar surface area (TPSA) is 79.2 Å². The fourth-order valence-corrected chi connectivity index (χ4v) is 4.20. The number of unbranched alkanes of at least 4 members (excludes halogenated alkanes) is 1. The number of halogens is 1. The number of rotatable bonds is 6. The first-order valence-electron chi connectivity index (χ1n) is 10.4. The minimum Gasteiger partial charge on any atom is -0.340 e. The van der Waals surface area contributed by atoms with Crippen LogP contribution in [-0.2, 0) is 20.1 Å². The Balaban J connectivity index is 1.59. The van der Waals surface area contributed by atoms with Gasteiger partial charge in [-0.05, 0) is 24.1 Å². The molecule has 9 heteroatoms. The summed E-state index contributed by atoms with van der Waals surface area (Å²) < 4.78 is 3.39. The Morgan fingerprint density at radius 2 is 1.93 bits per heavy atom. The minimum absolute atomic E-state index is 0.373. The minimum atomic E-state index is -0.439. The highest BCUT2D eigenvalue weighted by Crippen LogP contribution is 2.22. The zero-order valence-corrected chi connectivity index (χ0v) is 18.2. The molecule has 1 aliphatic rings. The van der Waals surface area contributed by atoms with Crippen LogP contribution in [0.15, 0.2) is 33.9 Å². The zero-order chi connectivity index (χ0) is 21.3. The molecule has 0 spiro atoms. The number of hydrogen-bond acceptors (Lipinski definition) is 5. The number of anilines is 1. The van der Waals surface area contributed by atoms with E-state index in [1.54, 1.807) is 7.05 Å². The lowest BCUT2D eigenvalue weighted by Crippen LogP contribution is -2.46. The average Bonchev–Trinajstić information content (AvgIpc) is 3.11. The van der Waals surface area contributed by atoms with Crippen LogP contribution in [0.4, 0.5) is 5.95 Å². The first kappa shape index (κ1) is 20.7. The van der Waals surface area contributed by atoms with Gasteiger partial charge >= 0.3 is 5.69 Å². The van der Waals surface area contributed by atoms with Crippen LogP contribution in [0.25, 0.3) is 11.2 Å². The first-order valence-corrected chi connectivity index (χ1v) is 10.8. The van der Waals surface area contributed by atoms with Crippen LogP contribution < -0.4 is 16.1 Å². The summed E-state index contributed by atoms with van der Waals surface area (Å²) in [6, 6.07) is 7.96. The van der Waals surface area contributed by atoms with Crippen molar-refractivity contribution in [3.8, 4) is 0 Å². The molecule has 3 aromatic rings. The zero-order valence-electron chi connectivity index (χ0n) is 17.4. The molecule has 1 N–H and O–H groups in total. The molecule has 30 heavy (non-hydrogen) atoms. The first-order chi connectivity index (χ1) is 14.5. The van der Waals surface area contributed by atoms with Crippen molar-refractivity contribution in [2.45, 2.75) is 32.9 Å². The van der Waals surface area contributed by atoms with Crippen molar-refractivity contribution >= 4 is 28.7 Å². The van der Waals surface area contributed by atoms with Gasteiger partial charge in [0.25, 0.3) is 5.56 Å². The van der Waals surface area contributed by atoms with E-state index >= 15 is 0 Å². The van der Waals surface area contributed by atoms with Gasteiger partial charge in [0.2, 0.25) is 5.95 Å². The van der Waals surface area contributed by atoms with E-state index in [9.17, 15) is 9.59 Å². The SMILES string of the molecule is CCCCn1c(N2CCN(Cc3cccc(Cl)c3)CC2)nc2c1c(=O)[nH]c(=O)n2C. The van der Waals surface area contributed by atoms with Gasteiger partial charge in [0.15, 0.2) is 11.2 Å². The maximum atomic E-state index is 12.5. The maximum absolute atomic E-state index is 12.5. The highest BCUT2D eigenvalue weighted by atomic mass is 35.5. The van der Waals surface area contributed by atoms with Crippen LogP contribution in [0.3, 0.4) is 0 Å². The fraction of sp³-hybridized carbons (Fsp3) is 0.476. The second-order valence-electron chi connectivity index (χ2n) is 7.80. The predicted octanol–water partition coefficient (Wildman–Crippen LogP) is 2.20. The van der Waals surface area contributed by atoms with Crippen LogP contribution >= 0.6 is 11.6 Å². The number of nitrogens with zero attached hydrogens (tertiary/aromatic N) is 5. The Morgan fingerprint density at radius 1 is 1.17 bits per heavy atom. The standard InChI is InChI=1S/C21H27ClN6O2/c1-3-4-8-28-17-18(25(2)21(30)24-19(17)29)23-20(28)27-11-9-26(10-12-27)14-15-6-5-7-16(22)13-15/h5-7,13H,3-4,8-12,14H2,1-2H3,(H,24,29,30). The van der Waals surface area contributed by atoms with E-state index in [1.165, 1.54) is 10.1 Å². The number of fused-ring (bicyclic) bond motifs is 1. The molecule has 0 aliphatic carbocycles. The van der Waals surface area contributed by atoms with Crippen LogP contribution in [-0.4, -0.2) is 50.2 Å². The van der Waals surface area contributed by atoms with E-state index in [0.29, 0.717) is 17.7 Å². The number of aromatic nitrogens is 4. The largest absolute Gasteiger partial charge is 0.340 e. The molecule has 0 radical (unpaired) electrons. The van der Waals surface area contributed by atoms with Crippen LogP contribution in [0.1, 0.15) is 25.3 Å². The molecule has 0 atom stereocenters. The van der Waals surface area contributed by atoms with Gasteiger partial charge in [0.05, 0.1) is 0 Å². The lowest BCUT2D eigenvalue weighted by Gasteiger charge is -2.35. The molecule has 0 unspecified atom stereocenters. The Hall–Kier alpha value is -2.58. The third-order valence-corrected chi connectivity index (χ3v) is 5.91.